The lowest BCUT2D eigenvalue weighted by Crippen LogP contribution is -2.31. The highest BCUT2D eigenvalue weighted by molar-refractivity contribution is 9.10. The number of non-ortho nitro benzene ring substituents is 1. The Labute approximate surface area is 118 Å². The van der Waals surface area contributed by atoms with Gasteiger partial charge in [0.2, 0.25) is 0 Å². The highest BCUT2D eigenvalue weighted by atomic mass is 79.9. The highest BCUT2D eigenvalue weighted by Crippen LogP contribution is 2.21. The van der Waals surface area contributed by atoms with Crippen LogP contribution in [0.2, 0.25) is 0 Å². The van der Waals surface area contributed by atoms with Crippen molar-refractivity contribution in [2.45, 2.75) is 13.8 Å². The minimum atomic E-state index is -0.583. The number of benzene rings is 1. The molecule has 1 N–H and O–H groups in total. The van der Waals surface area contributed by atoms with E-state index in [2.05, 4.69) is 21.2 Å². The zero-order valence-corrected chi connectivity index (χ0v) is 12.1. The van der Waals surface area contributed by atoms with Gasteiger partial charge in [-0.3, -0.25) is 19.7 Å². The van der Waals surface area contributed by atoms with E-state index in [-0.39, 0.29) is 29.5 Å². The van der Waals surface area contributed by atoms with Gasteiger partial charge in [0.05, 0.1) is 11.5 Å². The molecular weight excluding hydrogens is 316 g/mol. The number of nitrogens with zero attached hydrogens (tertiary/aromatic N) is 1. The molecule has 19 heavy (non-hydrogen) atoms. The van der Waals surface area contributed by atoms with E-state index < -0.39 is 10.8 Å². The summed E-state index contributed by atoms with van der Waals surface area (Å²) in [6.45, 7) is 3.38. The molecule has 1 rings (SSSR count). The second kappa shape index (κ2) is 6.42. The fraction of sp³-hybridized carbons (Fsp3) is 0.333. The van der Waals surface area contributed by atoms with Gasteiger partial charge in [-0.15, -0.1) is 0 Å². The molecule has 0 saturated carbocycles. The number of ketones is 1. The molecule has 7 heteroatoms. The molecule has 0 unspecified atom stereocenters. The van der Waals surface area contributed by atoms with Crippen molar-refractivity contribution in [1.82, 2.24) is 5.32 Å². The number of nitrogens with one attached hydrogen (secondary N) is 1. The first-order valence-electron chi connectivity index (χ1n) is 5.57. The summed E-state index contributed by atoms with van der Waals surface area (Å²) in [5, 5.41) is 13.1. The molecule has 1 amide bonds. The first kappa shape index (κ1) is 15.3. The number of Topliss-reactive ketones (excluding diaryl/α,β-unsaturated/α-hetero) is 1. The van der Waals surface area contributed by atoms with Crippen LogP contribution < -0.4 is 5.32 Å². The normalized spacial score (nSPS) is 10.3. The quantitative estimate of drug-likeness (QED) is 0.663. The fourth-order valence-corrected chi connectivity index (χ4v) is 1.77. The molecular formula is C12H13BrN2O4. The molecule has 0 saturated heterocycles. The molecule has 0 aliphatic carbocycles. The third-order valence-electron chi connectivity index (χ3n) is 2.42. The number of nitro groups is 1. The van der Waals surface area contributed by atoms with Crippen LogP contribution in [0.3, 0.4) is 0 Å². The Kier molecular flexibility index (Phi) is 5.17. The van der Waals surface area contributed by atoms with Crippen LogP contribution in [0.1, 0.15) is 24.2 Å². The lowest BCUT2D eigenvalue weighted by Gasteiger charge is -2.07. The second-order valence-corrected chi connectivity index (χ2v) is 5.17. The van der Waals surface area contributed by atoms with Crippen LogP contribution in [0.5, 0.6) is 0 Å². The van der Waals surface area contributed by atoms with Crippen molar-refractivity contribution in [3.63, 3.8) is 0 Å². The number of carbonyl (C=O) groups excluding carboxylic acids is 2. The van der Waals surface area contributed by atoms with E-state index in [0.29, 0.717) is 4.47 Å². The Bertz CT molecular complexity index is 528. The van der Waals surface area contributed by atoms with Crippen LogP contribution in [-0.4, -0.2) is 23.2 Å². The maximum Gasteiger partial charge on any atom is 0.271 e. The van der Waals surface area contributed by atoms with E-state index in [1.54, 1.807) is 13.8 Å². The van der Waals surface area contributed by atoms with E-state index in [9.17, 15) is 19.7 Å². The SMILES string of the molecule is CC(C)C(=O)CNC(=O)c1cc(Br)cc([N+](=O)[O-])c1. The summed E-state index contributed by atoms with van der Waals surface area (Å²) in [5.41, 5.74) is -0.0488. The van der Waals surface area contributed by atoms with Crippen molar-refractivity contribution < 1.29 is 14.5 Å². The predicted octanol–water partition coefficient (Wildman–Crippen LogP) is 2.31. The number of nitro benzene ring substituents is 1. The molecule has 0 heterocycles. The smallest absolute Gasteiger partial charge is 0.271 e. The van der Waals surface area contributed by atoms with Crippen LogP contribution in [0.15, 0.2) is 22.7 Å². The fourth-order valence-electron chi connectivity index (χ4n) is 1.28. The van der Waals surface area contributed by atoms with Crippen molar-refractivity contribution in [3.05, 3.63) is 38.3 Å². The third-order valence-corrected chi connectivity index (χ3v) is 2.88. The first-order chi connectivity index (χ1) is 8.81. The molecule has 0 aliphatic heterocycles. The van der Waals surface area contributed by atoms with Crippen LogP contribution in [0.25, 0.3) is 0 Å². The van der Waals surface area contributed by atoms with Gasteiger partial charge in [0, 0.05) is 28.1 Å². The van der Waals surface area contributed by atoms with Gasteiger partial charge in [0.15, 0.2) is 5.78 Å². The summed E-state index contributed by atoms with van der Waals surface area (Å²) < 4.78 is 0.432. The number of hydrogen-bond acceptors (Lipinski definition) is 4. The maximum absolute atomic E-state index is 11.8. The molecule has 1 aromatic rings. The standard InChI is InChI=1S/C12H13BrN2O4/c1-7(2)11(16)6-14-12(17)8-3-9(13)5-10(4-8)15(18)19/h3-5,7H,6H2,1-2H3,(H,14,17). The summed E-state index contributed by atoms with van der Waals surface area (Å²) >= 11 is 3.10. The Morgan fingerprint density at radius 2 is 2.00 bits per heavy atom. The maximum atomic E-state index is 11.8. The van der Waals surface area contributed by atoms with Crippen LogP contribution in [-0.2, 0) is 4.79 Å². The van der Waals surface area contributed by atoms with Crippen LogP contribution >= 0.6 is 15.9 Å². The average molecular weight is 329 g/mol. The Morgan fingerprint density at radius 3 is 2.53 bits per heavy atom. The zero-order valence-electron chi connectivity index (χ0n) is 10.5. The van der Waals surface area contributed by atoms with Gasteiger partial charge in [0.25, 0.3) is 11.6 Å². The second-order valence-electron chi connectivity index (χ2n) is 4.26. The van der Waals surface area contributed by atoms with Crippen molar-refractivity contribution in [3.8, 4) is 0 Å². The summed E-state index contributed by atoms with van der Waals surface area (Å²) in [6.07, 6.45) is 0. The van der Waals surface area contributed by atoms with E-state index in [0.717, 1.165) is 0 Å². The average Bonchev–Trinajstić information content (AvgIpc) is 2.34. The molecule has 0 bridgehead atoms. The molecule has 1 aromatic carbocycles. The van der Waals surface area contributed by atoms with Crippen molar-refractivity contribution in [1.29, 1.82) is 0 Å². The van der Waals surface area contributed by atoms with E-state index in [1.165, 1.54) is 18.2 Å². The summed E-state index contributed by atoms with van der Waals surface area (Å²) in [5.74, 6) is -0.784. The molecule has 0 atom stereocenters. The Hall–Kier alpha value is -1.76. The highest BCUT2D eigenvalue weighted by Gasteiger charge is 2.15. The molecule has 0 aliphatic rings. The van der Waals surface area contributed by atoms with E-state index in [1.807, 2.05) is 0 Å². The first-order valence-corrected chi connectivity index (χ1v) is 6.36. The minimum absolute atomic E-state index is 0.0865. The Balaban J connectivity index is 2.82. The molecule has 6 nitrogen and oxygen atoms in total. The third kappa shape index (κ3) is 4.44. The van der Waals surface area contributed by atoms with Crippen LogP contribution in [0, 0.1) is 16.0 Å². The monoisotopic (exact) mass is 328 g/mol. The van der Waals surface area contributed by atoms with Gasteiger partial charge >= 0.3 is 0 Å². The van der Waals surface area contributed by atoms with Crippen LogP contribution in [0.4, 0.5) is 5.69 Å². The number of halogens is 1. The molecule has 0 spiro atoms. The molecule has 102 valence electrons. The predicted molar refractivity (Wildman–Crippen MR) is 73.0 cm³/mol. The topological polar surface area (TPSA) is 89.3 Å². The number of amides is 1. The van der Waals surface area contributed by atoms with Gasteiger partial charge in [-0.05, 0) is 6.07 Å². The van der Waals surface area contributed by atoms with Gasteiger partial charge in [0.1, 0.15) is 0 Å². The minimum Gasteiger partial charge on any atom is -0.345 e. The van der Waals surface area contributed by atoms with Crippen molar-refractivity contribution in [2.24, 2.45) is 5.92 Å². The lowest BCUT2D eigenvalue weighted by molar-refractivity contribution is -0.385. The largest absolute Gasteiger partial charge is 0.345 e. The zero-order chi connectivity index (χ0) is 14.6. The lowest BCUT2D eigenvalue weighted by atomic mass is 10.1. The summed E-state index contributed by atoms with van der Waals surface area (Å²) in [4.78, 5) is 33.3. The number of rotatable bonds is 5. The molecule has 0 aromatic heterocycles. The molecule has 0 radical (unpaired) electrons. The summed E-state index contributed by atoms with van der Waals surface area (Å²) in [7, 11) is 0. The van der Waals surface area contributed by atoms with Gasteiger partial charge in [-0.2, -0.15) is 0 Å². The Morgan fingerprint density at radius 1 is 1.37 bits per heavy atom. The molecule has 0 fully saturated rings. The van der Waals surface area contributed by atoms with Crippen molar-refractivity contribution in [2.75, 3.05) is 6.54 Å². The van der Waals surface area contributed by atoms with Crippen molar-refractivity contribution >= 4 is 33.3 Å². The van der Waals surface area contributed by atoms with E-state index >= 15 is 0 Å². The number of hydrogen-bond donors (Lipinski definition) is 1. The van der Waals surface area contributed by atoms with Gasteiger partial charge in [-0.25, -0.2) is 0 Å². The van der Waals surface area contributed by atoms with Gasteiger partial charge in [-0.1, -0.05) is 29.8 Å². The number of carbonyl (C=O) groups is 2. The van der Waals surface area contributed by atoms with Gasteiger partial charge < -0.3 is 5.32 Å². The summed E-state index contributed by atoms with van der Waals surface area (Å²) in [6, 6.07) is 3.93. The van der Waals surface area contributed by atoms with E-state index in [4.69, 9.17) is 0 Å².